The zero-order valence-electron chi connectivity index (χ0n) is 18.6. The number of rotatable bonds is 8. The summed E-state index contributed by atoms with van der Waals surface area (Å²) in [6.45, 7) is 4.33. The Morgan fingerprint density at radius 2 is 1.50 bits per heavy atom. The van der Waals surface area contributed by atoms with Gasteiger partial charge in [0.15, 0.2) is 0 Å². The van der Waals surface area contributed by atoms with Gasteiger partial charge in [0, 0.05) is 30.2 Å². The molecule has 0 saturated carbocycles. The molecule has 0 fully saturated rings. The van der Waals surface area contributed by atoms with E-state index < -0.39 is 0 Å². The Morgan fingerprint density at radius 3 is 2.12 bits per heavy atom. The van der Waals surface area contributed by atoms with Crippen molar-refractivity contribution in [2.45, 2.75) is 19.8 Å². The third-order valence-corrected chi connectivity index (χ3v) is 5.58. The number of phenols is 1. The van der Waals surface area contributed by atoms with Gasteiger partial charge in [-0.1, -0.05) is 61.9 Å². The fourth-order valence-electron chi connectivity index (χ4n) is 3.75. The van der Waals surface area contributed by atoms with E-state index in [0.29, 0.717) is 0 Å². The van der Waals surface area contributed by atoms with Gasteiger partial charge in [0.25, 0.3) is 0 Å². The number of unbranched alkanes of at least 4 members (excludes halogenated alkanes) is 1. The Morgan fingerprint density at radius 1 is 0.844 bits per heavy atom. The van der Waals surface area contributed by atoms with Crippen molar-refractivity contribution in [3.63, 3.8) is 0 Å². The maximum atomic E-state index is 9.70. The molecule has 1 aliphatic rings. The SMILES string of the molecule is CCCCN1C=CC(/C=C/c2ccc(N(c3ccccc3)c3ccc(O)cc3)cc2)=CC1. The van der Waals surface area contributed by atoms with Gasteiger partial charge in [0.1, 0.15) is 5.75 Å². The Labute approximate surface area is 191 Å². The lowest BCUT2D eigenvalue weighted by Gasteiger charge is -2.25. The van der Waals surface area contributed by atoms with E-state index in [1.165, 1.54) is 18.4 Å². The summed E-state index contributed by atoms with van der Waals surface area (Å²) in [5, 5.41) is 9.70. The van der Waals surface area contributed by atoms with Crippen molar-refractivity contribution in [2.75, 3.05) is 18.0 Å². The smallest absolute Gasteiger partial charge is 0.115 e. The van der Waals surface area contributed by atoms with E-state index in [1.54, 1.807) is 12.1 Å². The molecule has 0 spiro atoms. The second kappa shape index (κ2) is 10.5. The standard InChI is InChI=1S/C29H30N2O/c1-2-3-21-30-22-19-25(20-23-30)10-9-24-11-13-27(14-12-24)31(26-7-5-4-6-8-26)28-15-17-29(32)18-16-28/h4-20,22,32H,2-3,21,23H2,1H3/b10-9+. The van der Waals surface area contributed by atoms with Crippen LogP contribution in [0.5, 0.6) is 5.75 Å². The molecular weight excluding hydrogens is 392 g/mol. The number of nitrogens with zero attached hydrogens (tertiary/aromatic N) is 2. The Hall–Kier alpha value is -3.72. The highest BCUT2D eigenvalue weighted by Crippen LogP contribution is 2.35. The van der Waals surface area contributed by atoms with Crippen LogP contribution >= 0.6 is 0 Å². The van der Waals surface area contributed by atoms with Gasteiger partial charge in [-0.2, -0.15) is 0 Å². The minimum Gasteiger partial charge on any atom is -0.508 e. The summed E-state index contributed by atoms with van der Waals surface area (Å²) in [4.78, 5) is 4.54. The summed E-state index contributed by atoms with van der Waals surface area (Å²) in [5.74, 6) is 0.266. The molecule has 4 rings (SSSR count). The second-order valence-electron chi connectivity index (χ2n) is 7.98. The molecule has 0 aromatic heterocycles. The average Bonchev–Trinajstić information content (AvgIpc) is 2.85. The summed E-state index contributed by atoms with van der Waals surface area (Å²) in [5.41, 5.74) is 5.56. The minimum absolute atomic E-state index is 0.266. The summed E-state index contributed by atoms with van der Waals surface area (Å²) >= 11 is 0. The number of hydrogen-bond donors (Lipinski definition) is 1. The number of hydrogen-bond acceptors (Lipinski definition) is 3. The molecule has 1 N–H and O–H groups in total. The number of aromatic hydroxyl groups is 1. The van der Waals surface area contributed by atoms with Crippen LogP contribution in [-0.4, -0.2) is 23.1 Å². The first-order valence-corrected chi connectivity index (χ1v) is 11.3. The van der Waals surface area contributed by atoms with Gasteiger partial charge < -0.3 is 14.9 Å². The molecule has 32 heavy (non-hydrogen) atoms. The van der Waals surface area contributed by atoms with Crippen LogP contribution < -0.4 is 4.90 Å². The lowest BCUT2D eigenvalue weighted by Crippen LogP contribution is -2.20. The van der Waals surface area contributed by atoms with Crippen LogP contribution in [0.2, 0.25) is 0 Å². The van der Waals surface area contributed by atoms with Crippen molar-refractivity contribution in [3.05, 3.63) is 114 Å². The summed E-state index contributed by atoms with van der Waals surface area (Å²) in [7, 11) is 0. The monoisotopic (exact) mass is 422 g/mol. The third-order valence-electron chi connectivity index (χ3n) is 5.58. The molecule has 3 heteroatoms. The molecule has 0 atom stereocenters. The van der Waals surface area contributed by atoms with Crippen molar-refractivity contribution in [3.8, 4) is 5.75 Å². The van der Waals surface area contributed by atoms with Crippen LogP contribution in [0.15, 0.2) is 109 Å². The normalized spacial score (nSPS) is 13.4. The van der Waals surface area contributed by atoms with Crippen LogP contribution in [0.4, 0.5) is 17.1 Å². The van der Waals surface area contributed by atoms with Crippen molar-refractivity contribution in [1.29, 1.82) is 0 Å². The van der Waals surface area contributed by atoms with E-state index in [0.717, 1.165) is 35.7 Å². The lowest BCUT2D eigenvalue weighted by atomic mass is 10.1. The van der Waals surface area contributed by atoms with Gasteiger partial charge in [0.2, 0.25) is 0 Å². The molecule has 3 nitrogen and oxygen atoms in total. The van der Waals surface area contributed by atoms with E-state index in [9.17, 15) is 5.11 Å². The minimum atomic E-state index is 0.266. The lowest BCUT2D eigenvalue weighted by molar-refractivity contribution is 0.400. The van der Waals surface area contributed by atoms with E-state index in [4.69, 9.17) is 0 Å². The molecule has 0 bridgehead atoms. The Kier molecular flexibility index (Phi) is 7.08. The number of allylic oxidation sites excluding steroid dienone is 3. The van der Waals surface area contributed by atoms with E-state index in [2.05, 4.69) is 83.6 Å². The largest absolute Gasteiger partial charge is 0.508 e. The van der Waals surface area contributed by atoms with E-state index >= 15 is 0 Å². The Bertz CT molecular complexity index is 1080. The molecule has 0 unspecified atom stereocenters. The van der Waals surface area contributed by atoms with Crippen LogP contribution in [-0.2, 0) is 0 Å². The van der Waals surface area contributed by atoms with Crippen LogP contribution in [0.25, 0.3) is 6.08 Å². The quantitative estimate of drug-likeness (QED) is 0.409. The topological polar surface area (TPSA) is 26.7 Å². The fraction of sp³-hybridized carbons (Fsp3) is 0.172. The summed E-state index contributed by atoms with van der Waals surface area (Å²) in [6.07, 6.45) is 13.5. The van der Waals surface area contributed by atoms with Crippen LogP contribution in [0, 0.1) is 0 Å². The van der Waals surface area contributed by atoms with Crippen molar-refractivity contribution in [1.82, 2.24) is 4.90 Å². The number of anilines is 3. The number of para-hydroxylation sites is 1. The zero-order chi connectivity index (χ0) is 22.2. The molecular formula is C29H30N2O. The number of phenolic OH excluding ortho intramolecular Hbond substituents is 1. The van der Waals surface area contributed by atoms with Crippen LogP contribution in [0.1, 0.15) is 25.3 Å². The Balaban J connectivity index is 1.50. The highest BCUT2D eigenvalue weighted by atomic mass is 16.3. The van der Waals surface area contributed by atoms with Gasteiger partial charge in [-0.25, -0.2) is 0 Å². The van der Waals surface area contributed by atoms with Gasteiger partial charge in [-0.3, -0.25) is 0 Å². The summed E-state index contributed by atoms with van der Waals surface area (Å²) < 4.78 is 0. The molecule has 0 radical (unpaired) electrons. The molecule has 0 saturated heterocycles. The van der Waals surface area contributed by atoms with Gasteiger partial charge in [-0.15, -0.1) is 0 Å². The molecule has 1 aliphatic heterocycles. The molecule has 162 valence electrons. The first kappa shape index (κ1) is 21.5. The fourth-order valence-corrected chi connectivity index (χ4v) is 3.75. The van der Waals surface area contributed by atoms with Gasteiger partial charge in [-0.05, 0) is 78.4 Å². The zero-order valence-corrected chi connectivity index (χ0v) is 18.6. The first-order valence-electron chi connectivity index (χ1n) is 11.3. The van der Waals surface area contributed by atoms with Gasteiger partial charge >= 0.3 is 0 Å². The predicted octanol–water partition coefficient (Wildman–Crippen LogP) is 7.43. The summed E-state index contributed by atoms with van der Waals surface area (Å²) in [6, 6.07) is 26.1. The highest BCUT2D eigenvalue weighted by molar-refractivity contribution is 5.77. The maximum Gasteiger partial charge on any atom is 0.115 e. The maximum absolute atomic E-state index is 9.70. The number of benzene rings is 3. The van der Waals surface area contributed by atoms with Gasteiger partial charge in [0.05, 0.1) is 0 Å². The second-order valence-corrected chi connectivity index (χ2v) is 7.98. The molecule has 0 aliphatic carbocycles. The highest BCUT2D eigenvalue weighted by Gasteiger charge is 2.12. The average molecular weight is 423 g/mol. The van der Waals surface area contributed by atoms with Crippen molar-refractivity contribution < 1.29 is 5.11 Å². The molecule has 3 aromatic rings. The van der Waals surface area contributed by atoms with E-state index in [-0.39, 0.29) is 5.75 Å². The van der Waals surface area contributed by atoms with E-state index in [1.807, 2.05) is 30.3 Å². The van der Waals surface area contributed by atoms with Crippen molar-refractivity contribution >= 4 is 23.1 Å². The van der Waals surface area contributed by atoms with Crippen molar-refractivity contribution in [2.24, 2.45) is 0 Å². The van der Waals surface area contributed by atoms with Crippen LogP contribution in [0.3, 0.4) is 0 Å². The first-order chi connectivity index (χ1) is 15.7. The predicted molar refractivity (Wildman–Crippen MR) is 136 cm³/mol. The molecule has 0 amide bonds. The third kappa shape index (κ3) is 5.50. The molecule has 1 heterocycles. The molecule has 3 aromatic carbocycles.